The largest absolute Gasteiger partial charge is 0.480 e. The Labute approximate surface area is 129 Å². The minimum absolute atomic E-state index is 0.438. The third-order valence-corrected chi connectivity index (χ3v) is 5.29. The quantitative estimate of drug-likeness (QED) is 0.676. The second-order valence-corrected chi connectivity index (χ2v) is 7.38. The number of nitrogens with zero attached hydrogens (tertiary/aromatic N) is 1. The minimum Gasteiger partial charge on any atom is -0.480 e. The van der Waals surface area contributed by atoms with E-state index < -0.39 is 11.5 Å². The summed E-state index contributed by atoms with van der Waals surface area (Å²) in [6.45, 7) is 7.61. The molecule has 0 aromatic heterocycles. The minimum atomic E-state index is -0.736. The van der Waals surface area contributed by atoms with Crippen LogP contribution in [0.2, 0.25) is 0 Å². The maximum absolute atomic E-state index is 11.5. The lowest BCUT2D eigenvalue weighted by atomic mass is 9.93. The molecule has 2 rings (SSSR count). The summed E-state index contributed by atoms with van der Waals surface area (Å²) in [5.41, 5.74) is -0.736. The molecule has 2 aliphatic rings. The topological polar surface area (TPSA) is 52.6 Å². The Morgan fingerprint density at radius 1 is 1.19 bits per heavy atom. The Bertz CT molecular complexity index is 347. The van der Waals surface area contributed by atoms with Gasteiger partial charge >= 0.3 is 5.97 Å². The Balaban J connectivity index is 1.73. The Hall–Kier alpha value is -0.610. The van der Waals surface area contributed by atoms with Crippen molar-refractivity contribution in [3.8, 4) is 0 Å². The van der Waals surface area contributed by atoms with Crippen molar-refractivity contribution in [1.82, 2.24) is 10.2 Å². The zero-order chi connectivity index (χ0) is 15.5. The Morgan fingerprint density at radius 3 is 2.33 bits per heavy atom. The summed E-state index contributed by atoms with van der Waals surface area (Å²) >= 11 is 0. The van der Waals surface area contributed by atoms with Gasteiger partial charge in [0, 0.05) is 18.1 Å². The highest BCUT2D eigenvalue weighted by Crippen LogP contribution is 2.26. The van der Waals surface area contributed by atoms with E-state index >= 15 is 0 Å². The van der Waals surface area contributed by atoms with Crippen molar-refractivity contribution >= 4 is 5.97 Å². The van der Waals surface area contributed by atoms with E-state index in [1.165, 1.54) is 19.3 Å². The van der Waals surface area contributed by atoms with Gasteiger partial charge < -0.3 is 5.11 Å². The number of rotatable bonds is 8. The number of carbonyl (C=O) groups is 1. The van der Waals surface area contributed by atoms with E-state index in [2.05, 4.69) is 24.1 Å². The molecule has 122 valence electrons. The zero-order valence-electron chi connectivity index (χ0n) is 13.9. The molecule has 1 saturated heterocycles. The summed E-state index contributed by atoms with van der Waals surface area (Å²) in [4.78, 5) is 14.1. The van der Waals surface area contributed by atoms with Crippen molar-refractivity contribution in [2.45, 2.75) is 95.8 Å². The van der Waals surface area contributed by atoms with Gasteiger partial charge in [-0.1, -0.05) is 6.42 Å². The van der Waals surface area contributed by atoms with Gasteiger partial charge in [0.25, 0.3) is 0 Å². The van der Waals surface area contributed by atoms with Crippen molar-refractivity contribution in [3.05, 3.63) is 0 Å². The summed E-state index contributed by atoms with van der Waals surface area (Å²) in [7, 11) is 0. The molecule has 1 heterocycles. The van der Waals surface area contributed by atoms with Crippen LogP contribution in [0.1, 0.15) is 72.1 Å². The number of nitrogens with one attached hydrogen (secondary N) is 1. The number of hydrogen-bond acceptors (Lipinski definition) is 3. The maximum Gasteiger partial charge on any atom is 0.323 e. The highest BCUT2D eigenvalue weighted by Gasteiger charge is 2.37. The molecular formula is C17H32N2O2. The monoisotopic (exact) mass is 296 g/mol. The summed E-state index contributed by atoms with van der Waals surface area (Å²) in [6.07, 6.45) is 9.04. The molecule has 4 heteroatoms. The average Bonchev–Trinajstić information content (AvgIpc) is 3.21. The normalized spacial score (nSPS) is 30.0. The second-order valence-electron chi connectivity index (χ2n) is 7.38. The highest BCUT2D eigenvalue weighted by molar-refractivity contribution is 5.78. The number of unbranched alkanes of at least 4 members (excludes halogenated alkanes) is 1. The van der Waals surface area contributed by atoms with Crippen LogP contribution in [0.3, 0.4) is 0 Å². The van der Waals surface area contributed by atoms with E-state index in [4.69, 9.17) is 0 Å². The van der Waals surface area contributed by atoms with Crippen molar-refractivity contribution in [1.29, 1.82) is 0 Å². The van der Waals surface area contributed by atoms with Gasteiger partial charge in [0.05, 0.1) is 0 Å². The van der Waals surface area contributed by atoms with Crippen LogP contribution in [-0.4, -0.2) is 46.2 Å². The molecule has 0 aromatic carbocycles. The van der Waals surface area contributed by atoms with E-state index in [9.17, 15) is 9.90 Å². The molecule has 0 bridgehead atoms. The van der Waals surface area contributed by atoms with Crippen LogP contribution in [0.4, 0.5) is 0 Å². The van der Waals surface area contributed by atoms with Crippen molar-refractivity contribution < 1.29 is 9.90 Å². The van der Waals surface area contributed by atoms with Gasteiger partial charge in [-0.3, -0.25) is 15.0 Å². The molecule has 3 unspecified atom stereocenters. The van der Waals surface area contributed by atoms with E-state index in [1.54, 1.807) is 0 Å². The van der Waals surface area contributed by atoms with Crippen LogP contribution >= 0.6 is 0 Å². The summed E-state index contributed by atoms with van der Waals surface area (Å²) in [5, 5.41) is 12.8. The van der Waals surface area contributed by atoms with Crippen molar-refractivity contribution in [2.75, 3.05) is 6.54 Å². The fourth-order valence-electron chi connectivity index (χ4n) is 3.61. The van der Waals surface area contributed by atoms with Crippen LogP contribution in [-0.2, 0) is 4.79 Å². The van der Waals surface area contributed by atoms with Gasteiger partial charge in [0.15, 0.2) is 0 Å². The van der Waals surface area contributed by atoms with Crippen LogP contribution in [0.5, 0.6) is 0 Å². The predicted molar refractivity (Wildman–Crippen MR) is 85.5 cm³/mol. The fraction of sp³-hybridized carbons (Fsp3) is 0.941. The third kappa shape index (κ3) is 4.68. The third-order valence-electron chi connectivity index (χ3n) is 5.29. The maximum atomic E-state index is 11.5. The Kier molecular flexibility index (Phi) is 5.67. The van der Waals surface area contributed by atoms with Gasteiger partial charge in [-0.2, -0.15) is 0 Å². The molecular weight excluding hydrogens is 264 g/mol. The summed E-state index contributed by atoms with van der Waals surface area (Å²) in [6, 6.07) is 1.81. The number of piperidine rings is 1. The van der Waals surface area contributed by atoms with Crippen LogP contribution < -0.4 is 5.32 Å². The number of carboxylic acid groups (broad SMARTS) is 1. The lowest BCUT2D eigenvalue weighted by Crippen LogP contribution is -2.50. The molecule has 1 aliphatic carbocycles. The first-order valence-electron chi connectivity index (χ1n) is 8.69. The molecule has 0 amide bonds. The van der Waals surface area contributed by atoms with E-state index in [0.29, 0.717) is 18.1 Å². The van der Waals surface area contributed by atoms with E-state index in [1.807, 2.05) is 6.92 Å². The molecule has 0 spiro atoms. The Morgan fingerprint density at radius 2 is 1.81 bits per heavy atom. The van der Waals surface area contributed by atoms with Crippen LogP contribution in [0.25, 0.3) is 0 Å². The molecule has 0 aromatic rings. The molecule has 1 aliphatic heterocycles. The lowest BCUT2D eigenvalue weighted by molar-refractivity contribution is -0.144. The van der Waals surface area contributed by atoms with Crippen LogP contribution in [0.15, 0.2) is 0 Å². The smallest absolute Gasteiger partial charge is 0.323 e. The molecule has 21 heavy (non-hydrogen) atoms. The van der Waals surface area contributed by atoms with Gasteiger partial charge in [-0.25, -0.2) is 0 Å². The molecule has 0 radical (unpaired) electrons. The predicted octanol–water partition coefficient (Wildman–Crippen LogP) is 3.01. The van der Waals surface area contributed by atoms with Gasteiger partial charge in [0.1, 0.15) is 5.54 Å². The van der Waals surface area contributed by atoms with Crippen molar-refractivity contribution in [3.63, 3.8) is 0 Å². The van der Waals surface area contributed by atoms with Gasteiger partial charge in [0.2, 0.25) is 0 Å². The van der Waals surface area contributed by atoms with E-state index in [-0.39, 0.29) is 0 Å². The first-order valence-corrected chi connectivity index (χ1v) is 8.69. The second kappa shape index (κ2) is 7.10. The lowest BCUT2D eigenvalue weighted by Gasteiger charge is -2.39. The number of aliphatic carboxylic acids is 1. The first kappa shape index (κ1) is 16.8. The molecule has 4 nitrogen and oxygen atoms in total. The highest BCUT2D eigenvalue weighted by atomic mass is 16.4. The van der Waals surface area contributed by atoms with Crippen molar-refractivity contribution in [2.24, 2.45) is 0 Å². The fourth-order valence-corrected chi connectivity index (χ4v) is 3.61. The average molecular weight is 296 g/mol. The van der Waals surface area contributed by atoms with Crippen LogP contribution in [0, 0.1) is 0 Å². The number of hydrogen-bond donors (Lipinski definition) is 2. The van der Waals surface area contributed by atoms with Gasteiger partial charge in [-0.05, 0) is 72.3 Å². The molecule has 1 saturated carbocycles. The standard InChI is InChI=1S/C17H32N2O2/c1-13-7-6-8-14(2)19(13)12-5-4-11-17(3,16(20)21)18-15-9-10-15/h13-15,18H,4-12H2,1-3H3,(H,20,21). The summed E-state index contributed by atoms with van der Waals surface area (Å²) < 4.78 is 0. The molecule has 2 N–H and O–H groups in total. The number of likely N-dealkylation sites (tertiary alicyclic amines) is 1. The SMILES string of the molecule is CC1CCCC(C)N1CCCCC(C)(NC1CC1)C(=O)O. The molecule has 2 fully saturated rings. The zero-order valence-corrected chi connectivity index (χ0v) is 13.9. The summed E-state index contributed by atoms with van der Waals surface area (Å²) in [5.74, 6) is -0.700. The number of carboxylic acids is 1. The molecule has 3 atom stereocenters. The van der Waals surface area contributed by atoms with E-state index in [0.717, 1.165) is 38.6 Å². The first-order chi connectivity index (χ1) is 9.92. The van der Waals surface area contributed by atoms with Gasteiger partial charge in [-0.15, -0.1) is 0 Å².